The zero-order valence-corrected chi connectivity index (χ0v) is 17.9. The maximum atomic E-state index is 12.7. The molecule has 30 heavy (non-hydrogen) atoms. The van der Waals surface area contributed by atoms with Crippen molar-refractivity contribution in [2.45, 2.75) is 46.4 Å². The summed E-state index contributed by atoms with van der Waals surface area (Å²) in [5.41, 5.74) is 2.87. The number of nitrogens with zero attached hydrogens (tertiary/aromatic N) is 4. The SMILES string of the molecule is CNC(=O)Cn1cc(-c2ccc3c(c2)N(C(=O)OC(C)C)CC(C)N3C(C)=O)cn1. The summed E-state index contributed by atoms with van der Waals surface area (Å²) in [5, 5.41) is 6.79. The Morgan fingerprint density at radius 2 is 1.97 bits per heavy atom. The topological polar surface area (TPSA) is 96.8 Å². The van der Waals surface area contributed by atoms with Gasteiger partial charge in [-0.3, -0.25) is 19.2 Å². The Kier molecular flexibility index (Phi) is 6.09. The molecule has 1 aromatic heterocycles. The van der Waals surface area contributed by atoms with Gasteiger partial charge in [0.25, 0.3) is 0 Å². The Balaban J connectivity index is 2.01. The van der Waals surface area contributed by atoms with Gasteiger partial charge in [0.2, 0.25) is 11.8 Å². The van der Waals surface area contributed by atoms with Crippen LogP contribution in [0, 0.1) is 0 Å². The molecule has 0 saturated carbocycles. The molecular formula is C21H27N5O4. The molecule has 9 nitrogen and oxygen atoms in total. The van der Waals surface area contributed by atoms with Crippen molar-refractivity contribution in [2.24, 2.45) is 0 Å². The largest absolute Gasteiger partial charge is 0.446 e. The van der Waals surface area contributed by atoms with Crippen molar-refractivity contribution in [1.82, 2.24) is 15.1 Å². The van der Waals surface area contributed by atoms with Crippen molar-refractivity contribution in [1.29, 1.82) is 0 Å². The van der Waals surface area contributed by atoms with Crippen LogP contribution >= 0.6 is 0 Å². The third-order valence-corrected chi connectivity index (χ3v) is 4.86. The lowest BCUT2D eigenvalue weighted by Crippen LogP contribution is -2.51. The Bertz CT molecular complexity index is 968. The van der Waals surface area contributed by atoms with E-state index in [1.807, 2.05) is 25.1 Å². The summed E-state index contributed by atoms with van der Waals surface area (Å²) < 4.78 is 6.96. The first-order valence-corrected chi connectivity index (χ1v) is 9.86. The van der Waals surface area contributed by atoms with Gasteiger partial charge >= 0.3 is 6.09 Å². The third kappa shape index (κ3) is 4.29. The summed E-state index contributed by atoms with van der Waals surface area (Å²) in [6.07, 6.45) is 2.72. The van der Waals surface area contributed by atoms with Crippen molar-refractivity contribution in [3.63, 3.8) is 0 Å². The number of aromatic nitrogens is 2. The number of fused-ring (bicyclic) bond motifs is 1. The Labute approximate surface area is 175 Å². The Morgan fingerprint density at radius 3 is 2.60 bits per heavy atom. The average molecular weight is 413 g/mol. The second kappa shape index (κ2) is 8.56. The van der Waals surface area contributed by atoms with Gasteiger partial charge in [-0.2, -0.15) is 5.10 Å². The van der Waals surface area contributed by atoms with Crippen LogP contribution in [-0.2, 0) is 20.9 Å². The van der Waals surface area contributed by atoms with Gasteiger partial charge < -0.3 is 15.0 Å². The lowest BCUT2D eigenvalue weighted by molar-refractivity contribution is -0.121. The number of hydrogen-bond donors (Lipinski definition) is 1. The summed E-state index contributed by atoms with van der Waals surface area (Å²) in [4.78, 5) is 39.8. The van der Waals surface area contributed by atoms with E-state index >= 15 is 0 Å². The van der Waals surface area contributed by atoms with Crippen molar-refractivity contribution in [3.05, 3.63) is 30.6 Å². The first-order valence-electron chi connectivity index (χ1n) is 9.86. The fourth-order valence-corrected chi connectivity index (χ4v) is 3.55. The number of likely N-dealkylation sites (N-methyl/N-ethyl adjacent to an activating group) is 1. The molecule has 9 heteroatoms. The van der Waals surface area contributed by atoms with E-state index in [1.165, 1.54) is 6.92 Å². The fourth-order valence-electron chi connectivity index (χ4n) is 3.55. The molecule has 3 amide bonds. The summed E-state index contributed by atoms with van der Waals surface area (Å²) in [7, 11) is 1.57. The molecular weight excluding hydrogens is 386 g/mol. The van der Waals surface area contributed by atoms with Gasteiger partial charge in [-0.1, -0.05) is 6.07 Å². The van der Waals surface area contributed by atoms with E-state index in [2.05, 4.69) is 10.4 Å². The summed E-state index contributed by atoms with van der Waals surface area (Å²) >= 11 is 0. The van der Waals surface area contributed by atoms with Crippen molar-refractivity contribution in [3.8, 4) is 11.1 Å². The van der Waals surface area contributed by atoms with Crippen LogP contribution in [0.1, 0.15) is 27.7 Å². The van der Waals surface area contributed by atoms with E-state index in [4.69, 9.17) is 4.74 Å². The van der Waals surface area contributed by atoms with Crippen LogP contribution in [0.3, 0.4) is 0 Å². The predicted octanol–water partition coefficient (Wildman–Crippen LogP) is 2.40. The van der Waals surface area contributed by atoms with E-state index in [9.17, 15) is 14.4 Å². The molecule has 1 unspecified atom stereocenters. The lowest BCUT2D eigenvalue weighted by Gasteiger charge is -2.40. The number of benzene rings is 1. The molecule has 2 aromatic rings. The van der Waals surface area contributed by atoms with Crippen LogP contribution < -0.4 is 15.1 Å². The predicted molar refractivity (Wildman–Crippen MR) is 113 cm³/mol. The molecule has 1 aromatic carbocycles. The van der Waals surface area contributed by atoms with Crippen molar-refractivity contribution < 1.29 is 19.1 Å². The maximum Gasteiger partial charge on any atom is 0.414 e. The number of carbonyl (C=O) groups is 3. The fraction of sp³-hybridized carbons (Fsp3) is 0.429. The normalized spacial score (nSPS) is 15.7. The molecule has 1 N–H and O–H groups in total. The number of anilines is 2. The molecule has 0 bridgehead atoms. The van der Waals surface area contributed by atoms with Crippen LogP contribution in [-0.4, -0.2) is 53.4 Å². The monoisotopic (exact) mass is 413 g/mol. The van der Waals surface area contributed by atoms with Crippen molar-refractivity contribution in [2.75, 3.05) is 23.4 Å². The van der Waals surface area contributed by atoms with Gasteiger partial charge in [0, 0.05) is 32.3 Å². The minimum Gasteiger partial charge on any atom is -0.446 e. The van der Waals surface area contributed by atoms with Crippen LogP contribution in [0.5, 0.6) is 0 Å². The molecule has 0 fully saturated rings. The minimum absolute atomic E-state index is 0.0909. The maximum absolute atomic E-state index is 12.7. The molecule has 1 aliphatic heterocycles. The second-order valence-corrected chi connectivity index (χ2v) is 7.58. The summed E-state index contributed by atoms with van der Waals surface area (Å²) in [6, 6.07) is 5.36. The second-order valence-electron chi connectivity index (χ2n) is 7.58. The highest BCUT2D eigenvalue weighted by atomic mass is 16.6. The standard InChI is InChI=1S/C21H27N5O4/c1-13(2)30-21(29)25-10-14(3)26(15(4)27)18-7-6-16(8-19(18)25)17-9-23-24(11-17)12-20(28)22-5/h6-9,11,13-14H,10,12H2,1-5H3,(H,22,28). The molecule has 160 valence electrons. The lowest BCUT2D eigenvalue weighted by atomic mass is 10.0. The van der Waals surface area contributed by atoms with Gasteiger partial charge in [0.15, 0.2) is 0 Å². The van der Waals surface area contributed by atoms with Crippen LogP contribution in [0.2, 0.25) is 0 Å². The summed E-state index contributed by atoms with van der Waals surface area (Å²) in [6.45, 7) is 7.45. The smallest absolute Gasteiger partial charge is 0.414 e. The van der Waals surface area contributed by atoms with E-state index in [0.717, 1.165) is 11.1 Å². The first kappa shape index (κ1) is 21.4. The number of carbonyl (C=O) groups excluding carboxylic acids is 3. The molecule has 2 heterocycles. The molecule has 1 atom stereocenters. The average Bonchev–Trinajstić information content (AvgIpc) is 3.14. The molecule has 0 saturated heterocycles. The first-order chi connectivity index (χ1) is 14.2. The molecule has 1 aliphatic rings. The Morgan fingerprint density at radius 1 is 1.23 bits per heavy atom. The van der Waals surface area contributed by atoms with E-state index in [1.54, 1.807) is 47.8 Å². The third-order valence-electron chi connectivity index (χ3n) is 4.86. The number of rotatable bonds is 4. The van der Waals surface area contributed by atoms with Gasteiger partial charge in [-0.15, -0.1) is 0 Å². The van der Waals surface area contributed by atoms with E-state index < -0.39 is 6.09 Å². The van der Waals surface area contributed by atoms with E-state index in [-0.39, 0.29) is 30.5 Å². The van der Waals surface area contributed by atoms with E-state index in [0.29, 0.717) is 17.9 Å². The Hall–Kier alpha value is -3.36. The summed E-state index contributed by atoms with van der Waals surface area (Å²) in [5.74, 6) is -0.240. The molecule has 0 aliphatic carbocycles. The number of nitrogens with one attached hydrogen (secondary N) is 1. The zero-order chi connectivity index (χ0) is 22.0. The quantitative estimate of drug-likeness (QED) is 0.830. The zero-order valence-electron chi connectivity index (χ0n) is 17.9. The number of amides is 3. The highest BCUT2D eigenvalue weighted by Crippen LogP contribution is 2.39. The number of ether oxygens (including phenoxy) is 1. The van der Waals surface area contributed by atoms with Crippen LogP contribution in [0.15, 0.2) is 30.6 Å². The number of hydrogen-bond acceptors (Lipinski definition) is 5. The van der Waals surface area contributed by atoms with Crippen LogP contribution in [0.25, 0.3) is 11.1 Å². The highest BCUT2D eigenvalue weighted by molar-refractivity contribution is 6.03. The highest BCUT2D eigenvalue weighted by Gasteiger charge is 2.34. The van der Waals surface area contributed by atoms with Gasteiger partial charge in [0.05, 0.1) is 29.7 Å². The molecule has 0 radical (unpaired) electrons. The molecule has 3 rings (SSSR count). The van der Waals surface area contributed by atoms with Crippen molar-refractivity contribution >= 4 is 29.3 Å². The van der Waals surface area contributed by atoms with Gasteiger partial charge in [0.1, 0.15) is 6.54 Å². The van der Waals surface area contributed by atoms with Gasteiger partial charge in [-0.05, 0) is 38.5 Å². The van der Waals surface area contributed by atoms with Gasteiger partial charge in [-0.25, -0.2) is 4.79 Å². The van der Waals surface area contributed by atoms with Crippen LogP contribution in [0.4, 0.5) is 16.2 Å². The minimum atomic E-state index is -0.450. The molecule has 0 spiro atoms.